The Morgan fingerprint density at radius 3 is 2.90 bits per heavy atom. The molecule has 0 aliphatic carbocycles. The molecule has 0 aromatic carbocycles. The molecule has 20 heavy (non-hydrogen) atoms. The molecule has 1 aliphatic rings. The molecule has 0 spiro atoms. The zero-order chi connectivity index (χ0) is 14.4. The first-order chi connectivity index (χ1) is 9.76. The van der Waals surface area contributed by atoms with Crippen LogP contribution >= 0.6 is 0 Å². The van der Waals surface area contributed by atoms with Crippen molar-refractivity contribution < 1.29 is 9.47 Å². The van der Waals surface area contributed by atoms with Crippen LogP contribution in [0.25, 0.3) is 0 Å². The standard InChI is InChI=1S/C14H24N4O2/c1-4-7-15-13-12(19-3)14(17-9-16-13)18-10(2)11-6-5-8-20-11/h9-11H,4-8H2,1-3H3,(H2,15,16,17,18). The highest BCUT2D eigenvalue weighted by molar-refractivity contribution is 5.63. The van der Waals surface area contributed by atoms with Crippen LogP contribution in [0.15, 0.2) is 6.33 Å². The van der Waals surface area contributed by atoms with Crippen molar-refractivity contribution in [3.05, 3.63) is 6.33 Å². The Labute approximate surface area is 120 Å². The molecule has 2 atom stereocenters. The van der Waals surface area contributed by atoms with Gasteiger partial charge in [-0.1, -0.05) is 6.92 Å². The molecule has 0 saturated carbocycles. The highest BCUT2D eigenvalue weighted by Crippen LogP contribution is 2.30. The van der Waals surface area contributed by atoms with Crippen LogP contribution in [0.2, 0.25) is 0 Å². The van der Waals surface area contributed by atoms with Gasteiger partial charge in [-0.15, -0.1) is 0 Å². The van der Waals surface area contributed by atoms with Crippen LogP contribution in [0.5, 0.6) is 5.75 Å². The second kappa shape index (κ2) is 7.28. The van der Waals surface area contributed by atoms with Crippen molar-refractivity contribution in [1.82, 2.24) is 9.97 Å². The molecule has 6 nitrogen and oxygen atoms in total. The Kier molecular flexibility index (Phi) is 5.40. The molecule has 1 aromatic rings. The maximum atomic E-state index is 5.69. The van der Waals surface area contributed by atoms with Crippen LogP contribution < -0.4 is 15.4 Å². The van der Waals surface area contributed by atoms with Gasteiger partial charge < -0.3 is 20.1 Å². The van der Waals surface area contributed by atoms with E-state index in [4.69, 9.17) is 9.47 Å². The quantitative estimate of drug-likeness (QED) is 0.798. The van der Waals surface area contributed by atoms with E-state index in [2.05, 4.69) is 34.4 Å². The Bertz CT molecular complexity index is 422. The lowest BCUT2D eigenvalue weighted by molar-refractivity contribution is 0.0995. The number of anilines is 2. The monoisotopic (exact) mass is 280 g/mol. The van der Waals surface area contributed by atoms with E-state index in [1.54, 1.807) is 13.4 Å². The van der Waals surface area contributed by atoms with Crippen molar-refractivity contribution in [1.29, 1.82) is 0 Å². The Hall–Kier alpha value is -1.56. The van der Waals surface area contributed by atoms with Crippen LogP contribution in [-0.2, 0) is 4.74 Å². The van der Waals surface area contributed by atoms with Gasteiger partial charge in [-0.2, -0.15) is 0 Å². The van der Waals surface area contributed by atoms with Gasteiger partial charge in [0.1, 0.15) is 6.33 Å². The predicted molar refractivity (Wildman–Crippen MR) is 79.4 cm³/mol. The molecule has 2 unspecified atom stereocenters. The molecule has 2 N–H and O–H groups in total. The molecule has 0 bridgehead atoms. The van der Waals surface area contributed by atoms with E-state index in [9.17, 15) is 0 Å². The van der Waals surface area contributed by atoms with Crippen LogP contribution in [0.3, 0.4) is 0 Å². The smallest absolute Gasteiger partial charge is 0.204 e. The average Bonchev–Trinajstić information content (AvgIpc) is 2.99. The van der Waals surface area contributed by atoms with Crippen molar-refractivity contribution >= 4 is 11.6 Å². The second-order valence-corrected chi connectivity index (χ2v) is 5.02. The fourth-order valence-electron chi connectivity index (χ4n) is 2.34. The number of aromatic nitrogens is 2. The molecule has 0 radical (unpaired) electrons. The molecule has 2 heterocycles. The summed E-state index contributed by atoms with van der Waals surface area (Å²) in [7, 11) is 1.64. The zero-order valence-corrected chi connectivity index (χ0v) is 12.5. The molecule has 1 saturated heterocycles. The van der Waals surface area contributed by atoms with Gasteiger partial charge in [0.15, 0.2) is 11.6 Å². The summed E-state index contributed by atoms with van der Waals surface area (Å²) >= 11 is 0. The molecule has 0 amide bonds. The van der Waals surface area contributed by atoms with Crippen molar-refractivity contribution in [2.45, 2.75) is 45.3 Å². The summed E-state index contributed by atoms with van der Waals surface area (Å²) in [5, 5.41) is 6.63. The van der Waals surface area contributed by atoms with E-state index < -0.39 is 0 Å². The summed E-state index contributed by atoms with van der Waals surface area (Å²) < 4.78 is 11.1. The number of rotatable bonds is 7. The Morgan fingerprint density at radius 2 is 2.25 bits per heavy atom. The highest BCUT2D eigenvalue weighted by Gasteiger charge is 2.24. The van der Waals surface area contributed by atoms with Crippen LogP contribution in [0.4, 0.5) is 11.6 Å². The maximum Gasteiger partial charge on any atom is 0.204 e. The highest BCUT2D eigenvalue weighted by atomic mass is 16.5. The second-order valence-electron chi connectivity index (χ2n) is 5.02. The first kappa shape index (κ1) is 14.8. The van der Waals surface area contributed by atoms with Gasteiger partial charge in [0.05, 0.1) is 19.3 Å². The summed E-state index contributed by atoms with van der Waals surface area (Å²) in [6.45, 7) is 5.92. The van der Waals surface area contributed by atoms with E-state index in [1.165, 1.54) is 0 Å². The largest absolute Gasteiger partial charge is 0.490 e. The fraction of sp³-hybridized carbons (Fsp3) is 0.714. The first-order valence-electron chi connectivity index (χ1n) is 7.27. The molecule has 2 rings (SSSR count). The first-order valence-corrected chi connectivity index (χ1v) is 7.27. The minimum Gasteiger partial charge on any atom is -0.490 e. The van der Waals surface area contributed by atoms with Crippen LogP contribution in [0, 0.1) is 0 Å². The third-order valence-electron chi connectivity index (χ3n) is 3.44. The molecule has 6 heteroatoms. The number of ether oxygens (including phenoxy) is 2. The van der Waals surface area contributed by atoms with Gasteiger partial charge in [0, 0.05) is 13.2 Å². The van der Waals surface area contributed by atoms with E-state index in [-0.39, 0.29) is 12.1 Å². The van der Waals surface area contributed by atoms with E-state index >= 15 is 0 Å². The zero-order valence-electron chi connectivity index (χ0n) is 12.5. The van der Waals surface area contributed by atoms with E-state index in [0.29, 0.717) is 11.6 Å². The molecular weight excluding hydrogens is 256 g/mol. The van der Waals surface area contributed by atoms with E-state index in [1.807, 2.05) is 0 Å². The summed E-state index contributed by atoms with van der Waals surface area (Å²) in [6, 6.07) is 0.195. The van der Waals surface area contributed by atoms with Gasteiger partial charge in [0.2, 0.25) is 5.75 Å². The molecular formula is C14H24N4O2. The Balaban J connectivity index is 2.09. The maximum absolute atomic E-state index is 5.69. The summed E-state index contributed by atoms with van der Waals surface area (Å²) in [5.74, 6) is 2.10. The van der Waals surface area contributed by atoms with Crippen LogP contribution in [-0.4, -0.2) is 42.4 Å². The lowest BCUT2D eigenvalue weighted by Crippen LogP contribution is -2.30. The molecule has 112 valence electrons. The third kappa shape index (κ3) is 3.50. The fourth-order valence-corrected chi connectivity index (χ4v) is 2.34. The van der Waals surface area contributed by atoms with Crippen molar-refractivity contribution in [2.75, 3.05) is 30.9 Å². The SMILES string of the molecule is CCCNc1ncnc(NC(C)C2CCCO2)c1OC. The summed E-state index contributed by atoms with van der Waals surface area (Å²) in [5.41, 5.74) is 0. The lowest BCUT2D eigenvalue weighted by Gasteiger charge is -2.22. The van der Waals surface area contributed by atoms with Gasteiger partial charge in [-0.25, -0.2) is 9.97 Å². The van der Waals surface area contributed by atoms with Gasteiger partial charge in [-0.3, -0.25) is 0 Å². The lowest BCUT2D eigenvalue weighted by atomic mass is 10.1. The number of hydrogen-bond acceptors (Lipinski definition) is 6. The van der Waals surface area contributed by atoms with Crippen molar-refractivity contribution in [3.8, 4) is 5.75 Å². The number of methoxy groups -OCH3 is 1. The number of hydrogen-bond donors (Lipinski definition) is 2. The summed E-state index contributed by atoms with van der Waals surface area (Å²) in [6.07, 6.45) is 5.03. The number of nitrogens with zero attached hydrogens (tertiary/aromatic N) is 2. The topological polar surface area (TPSA) is 68.3 Å². The molecule has 1 aromatic heterocycles. The van der Waals surface area contributed by atoms with Crippen LogP contribution in [0.1, 0.15) is 33.1 Å². The van der Waals surface area contributed by atoms with Gasteiger partial charge >= 0.3 is 0 Å². The van der Waals surface area contributed by atoms with E-state index in [0.717, 1.165) is 38.2 Å². The number of nitrogens with one attached hydrogen (secondary N) is 2. The predicted octanol–water partition coefficient (Wildman–Crippen LogP) is 2.29. The minimum absolute atomic E-state index is 0.195. The molecule has 1 fully saturated rings. The van der Waals surface area contributed by atoms with Gasteiger partial charge in [-0.05, 0) is 26.2 Å². The third-order valence-corrected chi connectivity index (χ3v) is 3.44. The molecule has 1 aliphatic heterocycles. The van der Waals surface area contributed by atoms with Gasteiger partial charge in [0.25, 0.3) is 0 Å². The normalized spacial score (nSPS) is 19.6. The average molecular weight is 280 g/mol. The Morgan fingerprint density at radius 1 is 1.45 bits per heavy atom. The summed E-state index contributed by atoms with van der Waals surface area (Å²) in [4.78, 5) is 8.52. The van der Waals surface area contributed by atoms with Crippen molar-refractivity contribution in [2.24, 2.45) is 0 Å². The minimum atomic E-state index is 0.195. The van der Waals surface area contributed by atoms with Crippen molar-refractivity contribution in [3.63, 3.8) is 0 Å².